The number of nitrogens with one attached hydrogen (secondary N) is 1. The Bertz CT molecular complexity index is 4260. The molecular weight excluding hydrogens is 1090 g/mol. The van der Waals surface area contributed by atoms with E-state index in [9.17, 15) is 4.79 Å². The summed E-state index contributed by atoms with van der Waals surface area (Å²) in [6, 6.07) is 46.0. The number of nitrogens with two attached hydrogens (primary N) is 1. The van der Waals surface area contributed by atoms with E-state index in [2.05, 4.69) is 133 Å². The topological polar surface area (TPSA) is 186 Å². The molecule has 8 heterocycles. The summed E-state index contributed by atoms with van der Waals surface area (Å²) in [5.74, 6) is 1.39. The minimum absolute atomic E-state index is 0. The summed E-state index contributed by atoms with van der Waals surface area (Å²) in [5, 5.41) is 23.0. The molecule has 0 unspecified atom stereocenters. The Balaban J connectivity index is 0.000000179. The van der Waals surface area contributed by atoms with Crippen molar-refractivity contribution in [3.8, 4) is 67.8 Å². The van der Waals surface area contributed by atoms with E-state index in [4.69, 9.17) is 20.4 Å². The third kappa shape index (κ3) is 10.5. The minimum Gasteiger partial charge on any atom is -0.444 e. The summed E-state index contributed by atoms with van der Waals surface area (Å²) in [4.78, 5) is 31.9. The van der Waals surface area contributed by atoms with Gasteiger partial charge < -0.3 is 24.9 Å². The third-order valence-corrected chi connectivity index (χ3v) is 15.4. The van der Waals surface area contributed by atoms with Crippen molar-refractivity contribution in [3.05, 3.63) is 182 Å². The van der Waals surface area contributed by atoms with Crippen LogP contribution in [-0.4, -0.2) is 70.0 Å². The van der Waals surface area contributed by atoms with Crippen molar-refractivity contribution in [2.24, 2.45) is 19.8 Å². The Morgan fingerprint density at radius 2 is 1.00 bits per heavy atom. The Kier molecular flexibility index (Phi) is 15.5. The number of ether oxygens (including phenoxy) is 1. The number of pyridine rings is 4. The van der Waals surface area contributed by atoms with Crippen LogP contribution in [0.15, 0.2) is 171 Å². The number of imidazole rings is 2. The van der Waals surface area contributed by atoms with Gasteiger partial charge in [0.2, 0.25) is 0 Å². The summed E-state index contributed by atoms with van der Waals surface area (Å²) in [6.07, 6.45) is 17.0. The molecule has 12 aromatic rings. The monoisotopic (exact) mass is 1150 g/mol. The molecule has 3 N–H and O–H groups in total. The Morgan fingerprint density at radius 1 is 0.561 bits per heavy atom. The van der Waals surface area contributed by atoms with Gasteiger partial charge in [0.15, 0.2) is 22.9 Å². The van der Waals surface area contributed by atoms with Crippen LogP contribution < -0.4 is 11.1 Å². The second-order valence-corrected chi connectivity index (χ2v) is 22.0. The van der Waals surface area contributed by atoms with Crippen molar-refractivity contribution in [2.75, 3.05) is 0 Å². The molecule has 0 saturated heterocycles. The molecule has 2 saturated carbocycles. The summed E-state index contributed by atoms with van der Waals surface area (Å²) < 4.78 is 13.3. The smallest absolute Gasteiger partial charge is 0.408 e. The van der Waals surface area contributed by atoms with Crippen LogP contribution in [0.2, 0.25) is 0 Å². The second kappa shape index (κ2) is 22.4. The summed E-state index contributed by atoms with van der Waals surface area (Å²) in [7, 11) is 3.88. The van der Waals surface area contributed by atoms with Crippen LogP contribution in [0.3, 0.4) is 0 Å². The highest BCUT2D eigenvalue weighted by Crippen LogP contribution is 2.44. The number of fused-ring (bicyclic) bond motifs is 6. The van der Waals surface area contributed by atoms with E-state index >= 15 is 0 Å². The number of hydrogen-bond donors (Lipinski definition) is 2. The lowest BCUT2D eigenvalue weighted by Crippen LogP contribution is -2.52. The molecule has 2 aliphatic carbocycles. The van der Waals surface area contributed by atoms with E-state index in [1.807, 2.05) is 114 Å². The zero-order chi connectivity index (χ0) is 54.0. The van der Waals surface area contributed by atoms with Gasteiger partial charge in [-0.3, -0.25) is 8.80 Å². The van der Waals surface area contributed by atoms with Crippen LogP contribution in [0.4, 0.5) is 4.79 Å². The molecular formula is C63H61Cl3N14O2. The number of aryl methyl sites for hydroxylation is 2. The zero-order valence-electron chi connectivity index (χ0n) is 45.9. The number of carbonyl (C=O) groups is 1. The minimum atomic E-state index is -0.549. The van der Waals surface area contributed by atoms with Gasteiger partial charge in [0.05, 0.1) is 40.6 Å². The maximum absolute atomic E-state index is 12.7. The highest BCUT2D eigenvalue weighted by atomic mass is 35.5. The number of alkyl carbamates (subject to hydrolysis) is 1. The third-order valence-electron chi connectivity index (χ3n) is 15.4. The highest BCUT2D eigenvalue weighted by molar-refractivity contribution is 6.00. The molecule has 2 aliphatic rings. The molecule has 1 amide bonds. The van der Waals surface area contributed by atoms with Gasteiger partial charge in [-0.05, 0) is 106 Å². The second-order valence-electron chi connectivity index (χ2n) is 22.0. The fourth-order valence-electron chi connectivity index (χ4n) is 11.0. The predicted molar refractivity (Wildman–Crippen MR) is 329 cm³/mol. The molecule has 416 valence electrons. The average Bonchev–Trinajstić information content (AvgIpc) is 2.71. The van der Waals surface area contributed by atoms with Gasteiger partial charge in [0.25, 0.3) is 0 Å². The number of hydrogen-bond acceptors (Lipinski definition) is 11. The summed E-state index contributed by atoms with van der Waals surface area (Å²) in [6.45, 7) is 5.63. The molecule has 14 rings (SSSR count). The van der Waals surface area contributed by atoms with Crippen molar-refractivity contribution in [2.45, 2.75) is 76.0 Å². The number of amides is 1. The Hall–Kier alpha value is -8.54. The zero-order valence-corrected chi connectivity index (χ0v) is 48.3. The fourth-order valence-corrected chi connectivity index (χ4v) is 11.0. The first-order valence-corrected chi connectivity index (χ1v) is 26.7. The van der Waals surface area contributed by atoms with Gasteiger partial charge in [-0.15, -0.1) is 57.6 Å². The van der Waals surface area contributed by atoms with Gasteiger partial charge in [0.1, 0.15) is 17.0 Å². The molecule has 0 spiro atoms. The van der Waals surface area contributed by atoms with E-state index in [1.165, 1.54) is 12.0 Å². The van der Waals surface area contributed by atoms with Crippen LogP contribution in [0.5, 0.6) is 0 Å². The first-order chi connectivity index (χ1) is 38.3. The van der Waals surface area contributed by atoms with Crippen LogP contribution >= 0.6 is 37.2 Å². The van der Waals surface area contributed by atoms with Crippen molar-refractivity contribution < 1.29 is 9.53 Å². The number of halogens is 3. The van der Waals surface area contributed by atoms with E-state index in [1.54, 1.807) is 12.7 Å². The van der Waals surface area contributed by atoms with Crippen molar-refractivity contribution >= 4 is 76.4 Å². The molecule has 16 nitrogen and oxygen atoms in total. The molecule has 0 radical (unpaired) electrons. The van der Waals surface area contributed by atoms with E-state index in [0.717, 1.165) is 127 Å². The molecule has 82 heavy (non-hydrogen) atoms. The molecule has 0 bridgehead atoms. The van der Waals surface area contributed by atoms with Crippen LogP contribution in [0.1, 0.15) is 70.4 Å². The summed E-state index contributed by atoms with van der Waals surface area (Å²) in [5.41, 5.74) is 20.5. The Labute approximate surface area is 492 Å². The van der Waals surface area contributed by atoms with Gasteiger partial charge in [-0.1, -0.05) is 109 Å². The van der Waals surface area contributed by atoms with Crippen molar-refractivity contribution in [1.82, 2.24) is 63.6 Å². The molecule has 8 aromatic heterocycles. The van der Waals surface area contributed by atoms with E-state index < -0.39 is 11.1 Å². The maximum atomic E-state index is 12.7. The standard InChI is InChI=1S/C34H33N7O2.C29H25N7.3ClH/c1-33(2,3)43-32(42)37-34(16-8-17-34)24-13-11-23(12-14-24)29-25(22-9-6-5-7-10-22)19-26-27(36-29)15-18-41-30(26)38-39-31(41)28-20-40(4)21-35-28;1-35-17-25(31-18-35)28-34-33-27-23-16-22(19-6-3-2-4-7-19)26(32-24(23)12-15-36(27)28)20-8-10-21(11-9-20)29(30)13-5-14-29;;;/h5-7,9-15,18-21H,8,16-17H2,1-4H3,(H,37,42);2-4,6-12,15-18H,5,13-14,30H2,1H3;3*1H. The number of benzene rings is 4. The molecule has 0 aliphatic heterocycles. The van der Waals surface area contributed by atoms with Crippen molar-refractivity contribution in [1.29, 1.82) is 0 Å². The van der Waals surface area contributed by atoms with Crippen LogP contribution in [0.25, 0.3) is 101 Å². The Morgan fingerprint density at radius 3 is 1.38 bits per heavy atom. The fraction of sp³-hybridized carbons (Fsp3) is 0.222. The van der Waals surface area contributed by atoms with Crippen LogP contribution in [0, 0.1) is 0 Å². The highest BCUT2D eigenvalue weighted by Gasteiger charge is 2.41. The first kappa shape index (κ1) is 56.7. The van der Waals surface area contributed by atoms with E-state index in [0.29, 0.717) is 11.6 Å². The lowest BCUT2D eigenvalue weighted by molar-refractivity contribution is 0.0377. The normalized spacial score (nSPS) is 14.1. The van der Waals surface area contributed by atoms with Crippen molar-refractivity contribution in [3.63, 3.8) is 0 Å². The average molecular weight is 1150 g/mol. The molecule has 2 fully saturated rings. The predicted octanol–water partition coefficient (Wildman–Crippen LogP) is 13.5. The molecule has 4 aromatic carbocycles. The SMILES string of the molecule is Cl.Cl.Cl.Cn1cnc(-c2nnc3c4cc(-c5ccccc5)c(-c5ccc(C6(N)CCC6)cc5)nc4ccn23)c1.Cn1cnc(-c2nnc3c4cc(-c5ccccc5)c(-c5ccc(C6(NC(=O)OC(C)(C)C)CCC6)cc5)nc4ccn23)c1. The quantitative estimate of drug-likeness (QED) is 0.140. The lowest BCUT2D eigenvalue weighted by atomic mass is 9.71. The number of aromatic nitrogens is 12. The number of nitrogens with zero attached hydrogens (tertiary/aromatic N) is 12. The van der Waals surface area contributed by atoms with Crippen LogP contribution in [-0.2, 0) is 29.9 Å². The molecule has 0 atom stereocenters. The largest absolute Gasteiger partial charge is 0.444 e. The maximum Gasteiger partial charge on any atom is 0.408 e. The van der Waals surface area contributed by atoms with Gasteiger partial charge >= 0.3 is 6.09 Å². The first-order valence-electron chi connectivity index (χ1n) is 26.7. The van der Waals surface area contributed by atoms with Gasteiger partial charge in [0, 0.05) is 77.4 Å². The molecule has 19 heteroatoms. The number of carbonyl (C=O) groups excluding carboxylic acids is 1. The van der Waals surface area contributed by atoms with Gasteiger partial charge in [-0.25, -0.2) is 24.7 Å². The van der Waals surface area contributed by atoms with E-state index in [-0.39, 0.29) is 48.9 Å². The number of rotatable bonds is 9. The summed E-state index contributed by atoms with van der Waals surface area (Å²) >= 11 is 0. The van der Waals surface area contributed by atoms with Gasteiger partial charge in [-0.2, -0.15) is 0 Å². The lowest BCUT2D eigenvalue weighted by Gasteiger charge is -2.43.